The van der Waals surface area contributed by atoms with E-state index in [1.165, 1.54) is 0 Å². The highest BCUT2D eigenvalue weighted by molar-refractivity contribution is 14.1. The van der Waals surface area contributed by atoms with E-state index < -0.39 is 0 Å². The molecular weight excluding hydrogens is 782 g/mol. The molecule has 0 atom stereocenters. The zero-order chi connectivity index (χ0) is 28.2. The SMILES string of the molecule is C.CC(C)(C)Cn1nc(I)c2ncccc21.CC(C)(C)OC(=O)CBr.Ic1[nH]nc2cccnc12.O=C=O. The highest BCUT2D eigenvalue weighted by Gasteiger charge is 2.16. The number of hydrogen-bond acceptors (Lipinski definition) is 8. The van der Waals surface area contributed by atoms with Gasteiger partial charge in [0.15, 0.2) is 0 Å². The molecule has 208 valence electrons. The quantitative estimate of drug-likeness (QED) is 0.139. The van der Waals surface area contributed by atoms with Crippen molar-refractivity contribution in [1.29, 1.82) is 0 Å². The van der Waals surface area contributed by atoms with Gasteiger partial charge in [0.1, 0.15) is 34.9 Å². The van der Waals surface area contributed by atoms with Crippen molar-refractivity contribution in [3.63, 3.8) is 0 Å². The second kappa shape index (κ2) is 16.9. The maximum absolute atomic E-state index is 10.6. The number of alkyl halides is 1. The monoisotopic (exact) mass is 814 g/mol. The molecule has 4 aromatic rings. The van der Waals surface area contributed by atoms with E-state index >= 15 is 0 Å². The minimum Gasteiger partial charge on any atom is -0.459 e. The average molecular weight is 815 g/mol. The molecule has 0 aliphatic rings. The third kappa shape index (κ3) is 13.2. The minimum absolute atomic E-state index is 0. The Morgan fingerprint density at radius 3 is 2.08 bits per heavy atom. The lowest BCUT2D eigenvalue weighted by Crippen LogP contribution is -2.24. The lowest BCUT2D eigenvalue weighted by Gasteiger charge is -2.18. The molecule has 10 nitrogen and oxygen atoms in total. The van der Waals surface area contributed by atoms with Crippen LogP contribution in [0.5, 0.6) is 0 Å². The molecule has 0 bridgehead atoms. The van der Waals surface area contributed by atoms with Crippen molar-refractivity contribution >= 4 is 95.3 Å². The maximum Gasteiger partial charge on any atom is 0.373 e. The van der Waals surface area contributed by atoms with Crippen molar-refractivity contribution < 1.29 is 19.1 Å². The first-order chi connectivity index (χ1) is 17.2. The number of esters is 1. The Morgan fingerprint density at radius 2 is 1.61 bits per heavy atom. The molecule has 38 heavy (non-hydrogen) atoms. The number of carbonyl (C=O) groups excluding carboxylic acids is 3. The molecule has 0 fully saturated rings. The molecule has 0 amide bonds. The Balaban J connectivity index is 0.000000526. The zero-order valence-corrected chi connectivity index (χ0v) is 27.3. The van der Waals surface area contributed by atoms with Gasteiger partial charge >= 0.3 is 12.1 Å². The predicted molar refractivity (Wildman–Crippen MR) is 168 cm³/mol. The fourth-order valence-electron chi connectivity index (χ4n) is 2.73. The molecule has 0 unspecified atom stereocenters. The number of carbonyl (C=O) groups is 1. The summed E-state index contributed by atoms with van der Waals surface area (Å²) in [5.74, 6) is -0.220. The van der Waals surface area contributed by atoms with Crippen molar-refractivity contribution in [2.45, 2.75) is 61.1 Å². The summed E-state index contributed by atoms with van der Waals surface area (Å²) in [6, 6.07) is 7.84. The van der Waals surface area contributed by atoms with Crippen LogP contribution in [0.2, 0.25) is 0 Å². The van der Waals surface area contributed by atoms with Crippen LogP contribution in [0.15, 0.2) is 36.7 Å². The molecule has 4 rings (SSSR count). The number of halogens is 3. The summed E-state index contributed by atoms with van der Waals surface area (Å²) in [6.07, 6.45) is 3.83. The van der Waals surface area contributed by atoms with E-state index in [0.29, 0.717) is 0 Å². The van der Waals surface area contributed by atoms with Gasteiger partial charge < -0.3 is 4.74 Å². The summed E-state index contributed by atoms with van der Waals surface area (Å²) in [4.78, 5) is 35.3. The number of nitrogens with one attached hydrogen (secondary N) is 1. The summed E-state index contributed by atoms with van der Waals surface area (Å²) in [6.45, 7) is 13.1. The molecule has 0 aliphatic carbocycles. The molecule has 0 saturated carbocycles. The highest BCUT2D eigenvalue weighted by atomic mass is 127. The van der Waals surface area contributed by atoms with Crippen LogP contribution >= 0.6 is 61.1 Å². The summed E-state index contributed by atoms with van der Waals surface area (Å²) in [5, 5.41) is 11.7. The number of aromatic nitrogens is 6. The number of rotatable bonds is 2. The van der Waals surface area contributed by atoms with Gasteiger partial charge in [-0.15, -0.1) is 0 Å². The number of nitrogens with zero attached hydrogens (tertiary/aromatic N) is 5. The van der Waals surface area contributed by atoms with Crippen LogP contribution in [0.4, 0.5) is 0 Å². The van der Waals surface area contributed by atoms with Gasteiger partial charge in [-0.05, 0) is 95.6 Å². The smallest absolute Gasteiger partial charge is 0.373 e. The standard InChI is InChI=1S/C11H14IN3.C6H11BrO2.C6H4IN3.CO2.CH4/c1-11(2,3)7-15-8-5-4-6-13-9(8)10(12)14-15;1-6(2,3)9-5(8)4-7;7-6-5-4(9-10-6)2-1-3-8-5;2-1-3;/h4-6H,7H2,1-3H3;4H2,1-3H3;1-3H,(H,9,10);;1H4. The molecule has 0 saturated heterocycles. The van der Waals surface area contributed by atoms with E-state index in [9.17, 15) is 4.79 Å². The highest BCUT2D eigenvalue weighted by Crippen LogP contribution is 2.22. The molecule has 0 radical (unpaired) electrons. The second-order valence-corrected chi connectivity index (χ2v) is 12.3. The van der Waals surface area contributed by atoms with Crippen LogP contribution in [0, 0.1) is 12.8 Å². The molecule has 1 N–H and O–H groups in total. The van der Waals surface area contributed by atoms with Crippen LogP contribution in [0.25, 0.3) is 22.1 Å². The zero-order valence-electron chi connectivity index (χ0n) is 21.4. The number of pyridine rings is 2. The number of aromatic amines is 1. The van der Waals surface area contributed by atoms with Crippen molar-refractivity contribution in [2.75, 3.05) is 5.33 Å². The van der Waals surface area contributed by atoms with E-state index in [4.69, 9.17) is 14.3 Å². The Kier molecular flexibility index (Phi) is 16.0. The van der Waals surface area contributed by atoms with Crippen LogP contribution in [-0.2, 0) is 25.7 Å². The first kappa shape index (κ1) is 36.0. The normalized spacial score (nSPS) is 10.4. The van der Waals surface area contributed by atoms with Gasteiger partial charge in [0.2, 0.25) is 0 Å². The Labute approximate surface area is 258 Å². The van der Waals surface area contributed by atoms with Crippen molar-refractivity contribution in [3.05, 3.63) is 44.1 Å². The summed E-state index contributed by atoms with van der Waals surface area (Å²) in [7, 11) is 0. The van der Waals surface area contributed by atoms with Crippen LogP contribution in [0.3, 0.4) is 0 Å². The van der Waals surface area contributed by atoms with Gasteiger partial charge in [-0.1, -0.05) is 44.1 Å². The number of fused-ring (bicyclic) bond motifs is 2. The fourth-order valence-corrected chi connectivity index (χ4v) is 4.05. The van der Waals surface area contributed by atoms with Gasteiger partial charge in [0, 0.05) is 18.9 Å². The molecule has 4 aromatic heterocycles. The molecule has 13 heteroatoms. The van der Waals surface area contributed by atoms with E-state index in [-0.39, 0.29) is 35.9 Å². The van der Waals surface area contributed by atoms with E-state index in [2.05, 4.69) is 113 Å². The van der Waals surface area contributed by atoms with Crippen molar-refractivity contribution in [3.8, 4) is 0 Å². The van der Waals surface area contributed by atoms with Crippen LogP contribution < -0.4 is 0 Å². The van der Waals surface area contributed by atoms with Crippen molar-refractivity contribution in [2.24, 2.45) is 5.41 Å². The van der Waals surface area contributed by atoms with E-state index in [1.54, 1.807) is 6.20 Å². The minimum atomic E-state index is -0.356. The van der Waals surface area contributed by atoms with E-state index in [0.717, 1.165) is 36.0 Å². The molecule has 0 spiro atoms. The van der Waals surface area contributed by atoms with Gasteiger partial charge in [-0.25, -0.2) is 0 Å². The Hall–Kier alpha value is -1.97. The van der Waals surface area contributed by atoms with Gasteiger partial charge in [0.25, 0.3) is 0 Å². The number of hydrogen-bond donors (Lipinski definition) is 1. The van der Waals surface area contributed by atoms with Crippen LogP contribution in [-0.4, -0.2) is 53.0 Å². The Morgan fingerprint density at radius 1 is 1.05 bits per heavy atom. The van der Waals surface area contributed by atoms with Crippen molar-refractivity contribution in [1.82, 2.24) is 29.9 Å². The lowest BCUT2D eigenvalue weighted by molar-refractivity contribution is -0.191. The first-order valence-corrected chi connectivity index (χ1v) is 14.2. The number of ether oxygens (including phenoxy) is 1. The topological polar surface area (TPSA) is 133 Å². The fraction of sp³-hybridized carbons (Fsp3) is 0.440. The summed E-state index contributed by atoms with van der Waals surface area (Å²) >= 11 is 7.40. The van der Waals surface area contributed by atoms with E-state index in [1.807, 2.05) is 49.8 Å². The summed E-state index contributed by atoms with van der Waals surface area (Å²) in [5.41, 5.74) is 3.87. The largest absolute Gasteiger partial charge is 0.459 e. The van der Waals surface area contributed by atoms with Gasteiger partial charge in [0.05, 0.1) is 5.52 Å². The third-order valence-corrected chi connectivity index (χ3v) is 5.83. The number of H-pyrrole nitrogens is 1. The third-order valence-electron chi connectivity index (χ3n) is 3.89. The predicted octanol–water partition coefficient (Wildman–Crippen LogP) is 6.42. The Bertz CT molecular complexity index is 1320. The second-order valence-electron chi connectivity index (χ2n) is 9.59. The molecule has 4 heterocycles. The molecule has 0 aliphatic heterocycles. The molecular formula is C25H33BrI2N6O4. The lowest BCUT2D eigenvalue weighted by atomic mass is 9.97. The first-order valence-electron chi connectivity index (χ1n) is 10.9. The summed E-state index contributed by atoms with van der Waals surface area (Å²) < 4.78 is 8.92. The van der Waals surface area contributed by atoms with Gasteiger partial charge in [-0.3, -0.25) is 24.5 Å². The molecule has 0 aromatic carbocycles. The maximum atomic E-state index is 10.6. The average Bonchev–Trinajstić information content (AvgIpc) is 3.33. The van der Waals surface area contributed by atoms with Crippen LogP contribution in [0.1, 0.15) is 49.0 Å². The van der Waals surface area contributed by atoms with Gasteiger partial charge in [-0.2, -0.15) is 19.8 Å².